The molecular formula is C39H57N5O7. The fourth-order valence-corrected chi connectivity index (χ4v) is 7.75. The molecule has 2 aliphatic carbocycles. The number of ether oxygens (including phenoxy) is 1. The predicted molar refractivity (Wildman–Crippen MR) is 193 cm³/mol. The molecule has 12 heteroatoms. The van der Waals surface area contributed by atoms with E-state index in [9.17, 15) is 24.0 Å². The van der Waals surface area contributed by atoms with Gasteiger partial charge in [-0.1, -0.05) is 58.5 Å². The van der Waals surface area contributed by atoms with Crippen LogP contribution in [0, 0.1) is 25.2 Å². The first-order valence-corrected chi connectivity index (χ1v) is 18.8. The molecule has 51 heavy (non-hydrogen) atoms. The van der Waals surface area contributed by atoms with Crippen molar-refractivity contribution in [3.8, 4) is 5.75 Å². The first-order chi connectivity index (χ1) is 24.1. The summed E-state index contributed by atoms with van der Waals surface area (Å²) in [6.07, 6.45) is 8.73. The molecule has 280 valence electrons. The van der Waals surface area contributed by atoms with Crippen LogP contribution in [-0.4, -0.2) is 83.4 Å². The third kappa shape index (κ3) is 9.10. The highest BCUT2D eigenvalue weighted by molar-refractivity contribution is 6.38. The number of oxime groups is 1. The lowest BCUT2D eigenvalue weighted by atomic mass is 9.84. The lowest BCUT2D eigenvalue weighted by Gasteiger charge is -2.36. The molecule has 0 unspecified atom stereocenters. The molecule has 1 aromatic rings. The van der Waals surface area contributed by atoms with Gasteiger partial charge in [-0.2, -0.15) is 0 Å². The van der Waals surface area contributed by atoms with E-state index in [1.54, 1.807) is 7.11 Å². The maximum atomic E-state index is 14.7. The van der Waals surface area contributed by atoms with Crippen molar-refractivity contribution in [3.63, 3.8) is 0 Å². The van der Waals surface area contributed by atoms with Crippen LogP contribution >= 0.6 is 0 Å². The number of Topliss-reactive ketones (excluding diaryl/α,β-unsaturated/α-hetero) is 1. The number of likely N-dealkylation sites (tertiary alicyclic amines) is 1. The Kier molecular flexibility index (Phi) is 11.8. The predicted octanol–water partition coefficient (Wildman–Crippen LogP) is 4.41. The number of rotatable bonds is 13. The zero-order valence-corrected chi connectivity index (χ0v) is 31.5. The number of carbonyl (C=O) groups is 5. The van der Waals surface area contributed by atoms with E-state index in [0.29, 0.717) is 30.9 Å². The number of carbonyl (C=O) groups excluding carboxylic acids is 5. The summed E-state index contributed by atoms with van der Waals surface area (Å²) in [7, 11) is 1.63. The molecular weight excluding hydrogens is 650 g/mol. The molecule has 3 N–H and O–H groups in total. The van der Waals surface area contributed by atoms with E-state index in [-0.39, 0.29) is 31.3 Å². The summed E-state index contributed by atoms with van der Waals surface area (Å²) in [5.74, 6) is -1.45. The minimum absolute atomic E-state index is 0.00303. The molecule has 2 saturated carbocycles. The first-order valence-electron chi connectivity index (χ1n) is 18.8. The van der Waals surface area contributed by atoms with E-state index in [2.05, 4.69) is 21.1 Å². The number of nitrogens with one attached hydrogen (secondary N) is 3. The van der Waals surface area contributed by atoms with E-state index in [4.69, 9.17) is 9.57 Å². The van der Waals surface area contributed by atoms with Gasteiger partial charge in [0.05, 0.1) is 25.4 Å². The van der Waals surface area contributed by atoms with Crippen LogP contribution < -0.4 is 20.7 Å². The summed E-state index contributed by atoms with van der Waals surface area (Å²) in [4.78, 5) is 76.0. The molecule has 1 spiro atoms. The highest BCUT2D eigenvalue weighted by Crippen LogP contribution is 2.41. The van der Waals surface area contributed by atoms with Gasteiger partial charge in [0.2, 0.25) is 23.5 Å². The van der Waals surface area contributed by atoms with Crippen molar-refractivity contribution >= 4 is 35.1 Å². The number of hydrogen-bond acceptors (Lipinski definition) is 8. The Hall–Kier alpha value is -3.96. The number of nitrogens with zero attached hydrogens (tertiary/aromatic N) is 2. The normalized spacial score (nSPS) is 23.2. The van der Waals surface area contributed by atoms with Gasteiger partial charge in [-0.15, -0.1) is 0 Å². The Bertz CT molecular complexity index is 1540. The summed E-state index contributed by atoms with van der Waals surface area (Å²) >= 11 is 0. The Morgan fingerprint density at radius 3 is 2.35 bits per heavy atom. The van der Waals surface area contributed by atoms with Crippen molar-refractivity contribution in [3.05, 3.63) is 28.8 Å². The summed E-state index contributed by atoms with van der Waals surface area (Å²) in [5, 5.41) is 13.1. The number of aryl methyl sites for hydroxylation is 2. The fourth-order valence-electron chi connectivity index (χ4n) is 7.75. The van der Waals surface area contributed by atoms with E-state index in [0.717, 1.165) is 61.0 Å². The average molecular weight is 708 g/mol. The number of methoxy groups -OCH3 is 1. The second kappa shape index (κ2) is 15.7. The van der Waals surface area contributed by atoms with Gasteiger partial charge in [0.25, 0.3) is 5.91 Å². The topological polar surface area (TPSA) is 156 Å². The van der Waals surface area contributed by atoms with Crippen LogP contribution in [0.4, 0.5) is 0 Å². The van der Waals surface area contributed by atoms with Crippen LogP contribution in [0.15, 0.2) is 17.3 Å². The summed E-state index contributed by atoms with van der Waals surface area (Å²) < 4.78 is 5.50. The maximum absolute atomic E-state index is 14.7. The summed E-state index contributed by atoms with van der Waals surface area (Å²) in [6, 6.07) is 0.978. The van der Waals surface area contributed by atoms with Gasteiger partial charge in [0.15, 0.2) is 5.60 Å². The number of hydrogen-bond donors (Lipinski definition) is 3. The van der Waals surface area contributed by atoms with Crippen LogP contribution in [0.5, 0.6) is 5.75 Å². The van der Waals surface area contributed by atoms with E-state index in [1.807, 2.05) is 53.7 Å². The molecule has 4 amide bonds. The quantitative estimate of drug-likeness (QED) is 0.257. The van der Waals surface area contributed by atoms with Crippen molar-refractivity contribution in [1.29, 1.82) is 0 Å². The molecule has 2 heterocycles. The largest absolute Gasteiger partial charge is 0.496 e. The molecule has 1 aromatic carbocycles. The Morgan fingerprint density at radius 1 is 1.02 bits per heavy atom. The fraction of sp³-hybridized carbons (Fsp3) is 0.692. The zero-order valence-electron chi connectivity index (χ0n) is 31.5. The monoisotopic (exact) mass is 707 g/mol. The molecule has 4 aliphatic rings. The van der Waals surface area contributed by atoms with E-state index >= 15 is 0 Å². The molecule has 0 radical (unpaired) electrons. The van der Waals surface area contributed by atoms with Gasteiger partial charge in [-0.3, -0.25) is 24.0 Å². The Morgan fingerprint density at radius 2 is 1.73 bits per heavy atom. The van der Waals surface area contributed by atoms with Crippen LogP contribution in [0.25, 0.3) is 0 Å². The average Bonchev–Trinajstić information content (AvgIpc) is 3.68. The van der Waals surface area contributed by atoms with Gasteiger partial charge in [0.1, 0.15) is 17.8 Å². The third-order valence-corrected chi connectivity index (χ3v) is 10.8. The highest BCUT2D eigenvalue weighted by Gasteiger charge is 2.56. The number of benzene rings is 1. The molecule has 3 fully saturated rings. The van der Waals surface area contributed by atoms with E-state index < -0.39 is 52.6 Å². The van der Waals surface area contributed by atoms with E-state index in [1.165, 1.54) is 11.3 Å². The molecule has 0 bridgehead atoms. The van der Waals surface area contributed by atoms with Crippen molar-refractivity contribution in [1.82, 2.24) is 20.9 Å². The molecule has 12 nitrogen and oxygen atoms in total. The lowest BCUT2D eigenvalue weighted by molar-refractivity contribution is -0.145. The SMILES string of the molecule is CCC[C@H](NC(=O)[C@@H]1C[C@]2(CC(c3cc(C)c(OC)cc3C)=NO2)CN1C(=O)[C@@H](NC(=O)CC1CCCCC1)C(C)(C)C)C(=O)C(=O)NC1CC1. The molecule has 2 aliphatic heterocycles. The van der Waals surface area contributed by atoms with Crippen LogP contribution in [0.1, 0.15) is 121 Å². The van der Waals surface area contributed by atoms with Crippen molar-refractivity contribution < 1.29 is 33.5 Å². The third-order valence-electron chi connectivity index (χ3n) is 10.8. The molecule has 0 aromatic heterocycles. The van der Waals surface area contributed by atoms with Crippen LogP contribution in [-0.2, 0) is 28.8 Å². The second-order valence-electron chi connectivity index (χ2n) is 16.3. The summed E-state index contributed by atoms with van der Waals surface area (Å²) in [6.45, 7) is 11.6. The molecule has 4 atom stereocenters. The van der Waals surface area contributed by atoms with Gasteiger partial charge in [-0.05, 0) is 80.5 Å². The minimum atomic E-state index is -1.04. The smallest absolute Gasteiger partial charge is 0.289 e. The second-order valence-corrected chi connectivity index (χ2v) is 16.3. The zero-order chi connectivity index (χ0) is 37.1. The number of ketones is 1. The number of amides is 4. The van der Waals surface area contributed by atoms with Gasteiger partial charge in [0, 0.05) is 30.9 Å². The van der Waals surface area contributed by atoms with Crippen LogP contribution in [0.2, 0.25) is 0 Å². The highest BCUT2D eigenvalue weighted by atomic mass is 16.7. The van der Waals surface area contributed by atoms with Gasteiger partial charge >= 0.3 is 0 Å². The molecule has 5 rings (SSSR count). The summed E-state index contributed by atoms with van der Waals surface area (Å²) in [5.41, 5.74) is 1.82. The minimum Gasteiger partial charge on any atom is -0.496 e. The Balaban J connectivity index is 1.40. The maximum Gasteiger partial charge on any atom is 0.289 e. The van der Waals surface area contributed by atoms with Crippen molar-refractivity contribution in [2.24, 2.45) is 16.5 Å². The van der Waals surface area contributed by atoms with Crippen molar-refractivity contribution in [2.75, 3.05) is 13.7 Å². The Labute approximate surface area is 302 Å². The molecule has 1 saturated heterocycles. The van der Waals surface area contributed by atoms with Gasteiger partial charge < -0.3 is 30.4 Å². The first kappa shape index (κ1) is 38.3. The lowest BCUT2D eigenvalue weighted by Crippen LogP contribution is -2.59. The van der Waals surface area contributed by atoms with Gasteiger partial charge in [-0.25, -0.2) is 0 Å². The standard InChI is InChI=1S/C39H57N5O7/c1-8-12-28(33(46)36(48)40-26-15-16-26)41-35(47)30-21-39(20-29(43-51-39)27-17-24(3)31(50-7)18-23(27)2)22-44(30)37(49)34(38(4,5)6)42-32(45)19-25-13-10-9-11-14-25/h17-18,25-26,28,30,34H,8-16,19-22H2,1-7H3,(H,40,48)(H,41,47)(H,42,45)/t28-,30-,34+,39+/m0/s1. The van der Waals surface area contributed by atoms with Crippen LogP contribution in [0.3, 0.4) is 0 Å². The van der Waals surface area contributed by atoms with Crippen molar-refractivity contribution in [2.45, 2.75) is 148 Å².